The van der Waals surface area contributed by atoms with Crippen molar-refractivity contribution in [3.63, 3.8) is 0 Å². The molecule has 0 spiro atoms. The second kappa shape index (κ2) is 18.6. The maximum atomic E-state index is 14.5. The molecule has 0 aromatic heterocycles. The van der Waals surface area contributed by atoms with Gasteiger partial charge < -0.3 is 20.3 Å². The highest BCUT2D eigenvalue weighted by atomic mass is 32.2. The molecule has 0 radical (unpaired) electrons. The Bertz CT molecular complexity index is 1150. The second-order valence-electron chi connectivity index (χ2n) is 12.2. The standard InChI is InChI=1S/C35H53N3O4S/c1-8-9-10-11-12-16-22-38(33(40)30(21-23-43-7)37-34(41)42-35(4,5)6)31(29-24-26(2)19-20-27(29)3)32(39)36-25-28-17-14-13-15-18-28/h13-15,17-20,24,30-31H,8-12,16,21-23,25H2,1-7H3,(H,36,39)(H,37,41). The number of rotatable bonds is 17. The SMILES string of the molecule is CCCCCCCCN(C(=O)C(CCSC)NC(=O)OC(C)(C)C)C(C(=O)NCc1ccccc1)c1cc(C)ccc1C. The number of aryl methyl sites for hydroxylation is 2. The molecule has 0 aliphatic carbocycles. The summed E-state index contributed by atoms with van der Waals surface area (Å²) in [6, 6.07) is 14.1. The lowest BCUT2D eigenvalue weighted by atomic mass is 9.95. The maximum Gasteiger partial charge on any atom is 0.408 e. The summed E-state index contributed by atoms with van der Waals surface area (Å²) in [4.78, 5) is 43.2. The van der Waals surface area contributed by atoms with E-state index < -0.39 is 23.8 Å². The van der Waals surface area contributed by atoms with Crippen molar-refractivity contribution in [3.05, 3.63) is 70.8 Å². The molecule has 2 atom stereocenters. The fourth-order valence-electron chi connectivity index (χ4n) is 4.96. The number of hydrogen-bond donors (Lipinski definition) is 2. The third-order valence-corrected chi connectivity index (χ3v) is 7.88. The van der Waals surface area contributed by atoms with Crippen molar-refractivity contribution in [2.24, 2.45) is 0 Å². The van der Waals surface area contributed by atoms with Gasteiger partial charge in [0.25, 0.3) is 0 Å². The summed E-state index contributed by atoms with van der Waals surface area (Å²) in [5.41, 5.74) is 3.03. The topological polar surface area (TPSA) is 87.7 Å². The highest BCUT2D eigenvalue weighted by Gasteiger charge is 2.36. The molecule has 2 rings (SSSR count). The van der Waals surface area contributed by atoms with Gasteiger partial charge in [-0.15, -0.1) is 0 Å². The number of nitrogens with one attached hydrogen (secondary N) is 2. The number of alkyl carbamates (subject to hydrolysis) is 1. The van der Waals surface area contributed by atoms with Crippen LogP contribution in [-0.2, 0) is 20.9 Å². The van der Waals surface area contributed by atoms with Gasteiger partial charge in [-0.2, -0.15) is 11.8 Å². The van der Waals surface area contributed by atoms with Gasteiger partial charge in [0.1, 0.15) is 17.7 Å². The Hall–Kier alpha value is -3.00. The minimum Gasteiger partial charge on any atom is -0.444 e. The summed E-state index contributed by atoms with van der Waals surface area (Å²) >= 11 is 1.61. The van der Waals surface area contributed by atoms with E-state index in [4.69, 9.17) is 4.74 Å². The van der Waals surface area contributed by atoms with Crippen molar-refractivity contribution >= 4 is 29.7 Å². The summed E-state index contributed by atoms with van der Waals surface area (Å²) in [5.74, 6) is 0.165. The zero-order valence-electron chi connectivity index (χ0n) is 27.3. The van der Waals surface area contributed by atoms with Crippen LogP contribution in [0.3, 0.4) is 0 Å². The highest BCUT2D eigenvalue weighted by molar-refractivity contribution is 7.98. The molecule has 43 heavy (non-hydrogen) atoms. The Balaban J connectivity index is 2.49. The van der Waals surface area contributed by atoms with E-state index in [1.807, 2.05) is 68.6 Å². The van der Waals surface area contributed by atoms with Crippen LogP contribution in [0.5, 0.6) is 0 Å². The number of unbranched alkanes of at least 4 members (excludes halogenated alkanes) is 5. The number of hydrogen-bond acceptors (Lipinski definition) is 5. The first kappa shape index (κ1) is 36.2. The summed E-state index contributed by atoms with van der Waals surface area (Å²) in [6.45, 7) is 12.3. The summed E-state index contributed by atoms with van der Waals surface area (Å²) in [6.07, 6.45) is 8.07. The molecule has 3 amide bonds. The van der Waals surface area contributed by atoms with Gasteiger partial charge in [-0.1, -0.05) is 93.1 Å². The van der Waals surface area contributed by atoms with Crippen molar-refractivity contribution in [1.82, 2.24) is 15.5 Å². The Kier molecular flexibility index (Phi) is 15.7. The van der Waals surface area contributed by atoms with Crippen LogP contribution in [-0.4, -0.2) is 53.0 Å². The van der Waals surface area contributed by atoms with Crippen molar-refractivity contribution in [3.8, 4) is 0 Å². The van der Waals surface area contributed by atoms with Crippen LogP contribution in [0, 0.1) is 13.8 Å². The molecule has 238 valence electrons. The Morgan fingerprint density at radius 3 is 2.28 bits per heavy atom. The van der Waals surface area contributed by atoms with Crippen molar-refractivity contribution in [1.29, 1.82) is 0 Å². The van der Waals surface area contributed by atoms with Gasteiger partial charge in [0.15, 0.2) is 0 Å². The minimum atomic E-state index is -0.844. The third-order valence-electron chi connectivity index (χ3n) is 7.23. The van der Waals surface area contributed by atoms with Crippen LogP contribution in [0.1, 0.15) is 101 Å². The predicted molar refractivity (Wildman–Crippen MR) is 178 cm³/mol. The highest BCUT2D eigenvalue weighted by Crippen LogP contribution is 2.28. The van der Waals surface area contributed by atoms with E-state index in [1.54, 1.807) is 37.4 Å². The summed E-state index contributed by atoms with van der Waals surface area (Å²) in [5, 5.41) is 5.94. The number of amides is 3. The molecular weight excluding hydrogens is 558 g/mol. The molecule has 0 aliphatic heterocycles. The maximum absolute atomic E-state index is 14.5. The van der Waals surface area contributed by atoms with Gasteiger partial charge in [0.2, 0.25) is 11.8 Å². The van der Waals surface area contributed by atoms with Gasteiger partial charge in [0, 0.05) is 13.1 Å². The van der Waals surface area contributed by atoms with Gasteiger partial charge in [-0.25, -0.2) is 4.79 Å². The molecular formula is C35H53N3O4S. The van der Waals surface area contributed by atoms with E-state index in [0.717, 1.165) is 54.4 Å². The zero-order chi connectivity index (χ0) is 31.8. The third kappa shape index (κ3) is 13.0. The van der Waals surface area contributed by atoms with Gasteiger partial charge >= 0.3 is 6.09 Å². The normalized spacial score (nSPS) is 12.7. The van der Waals surface area contributed by atoms with Crippen molar-refractivity contribution < 1.29 is 19.1 Å². The molecule has 2 N–H and O–H groups in total. The van der Waals surface area contributed by atoms with Crippen LogP contribution >= 0.6 is 11.8 Å². The molecule has 8 heteroatoms. The van der Waals surface area contributed by atoms with Crippen LogP contribution in [0.2, 0.25) is 0 Å². The van der Waals surface area contributed by atoms with Gasteiger partial charge in [0.05, 0.1) is 0 Å². The average Bonchev–Trinajstić information content (AvgIpc) is 2.96. The van der Waals surface area contributed by atoms with Crippen LogP contribution < -0.4 is 10.6 Å². The molecule has 0 saturated heterocycles. The number of nitrogens with zero attached hydrogens (tertiary/aromatic N) is 1. The Morgan fingerprint density at radius 2 is 1.63 bits per heavy atom. The molecule has 0 aliphatic rings. The van der Waals surface area contributed by atoms with Gasteiger partial charge in [-0.05, 0) is 76.2 Å². The molecule has 2 unspecified atom stereocenters. The first-order valence-corrected chi connectivity index (χ1v) is 17.0. The molecule has 0 heterocycles. The van der Waals surface area contributed by atoms with E-state index in [9.17, 15) is 14.4 Å². The van der Waals surface area contributed by atoms with Crippen LogP contribution in [0.15, 0.2) is 48.5 Å². The molecule has 7 nitrogen and oxygen atoms in total. The minimum absolute atomic E-state index is 0.238. The molecule has 0 fully saturated rings. The monoisotopic (exact) mass is 611 g/mol. The summed E-state index contributed by atoms with van der Waals surface area (Å²) in [7, 11) is 0. The number of benzene rings is 2. The van der Waals surface area contributed by atoms with E-state index in [1.165, 1.54) is 6.42 Å². The molecule has 2 aromatic rings. The molecule has 0 bridgehead atoms. The Morgan fingerprint density at radius 1 is 0.953 bits per heavy atom. The fourth-order valence-corrected chi connectivity index (χ4v) is 5.43. The average molecular weight is 612 g/mol. The van der Waals surface area contributed by atoms with Gasteiger partial charge in [-0.3, -0.25) is 9.59 Å². The number of carbonyl (C=O) groups excluding carboxylic acids is 3. The first-order chi connectivity index (χ1) is 20.5. The summed E-state index contributed by atoms with van der Waals surface area (Å²) < 4.78 is 5.52. The second-order valence-corrected chi connectivity index (χ2v) is 13.2. The van der Waals surface area contributed by atoms with E-state index >= 15 is 0 Å². The first-order valence-electron chi connectivity index (χ1n) is 15.6. The molecule has 2 aromatic carbocycles. The quantitative estimate of drug-likeness (QED) is 0.181. The van der Waals surface area contributed by atoms with E-state index in [0.29, 0.717) is 25.3 Å². The fraction of sp³-hybridized carbons (Fsp3) is 0.571. The van der Waals surface area contributed by atoms with Crippen LogP contribution in [0.25, 0.3) is 0 Å². The zero-order valence-corrected chi connectivity index (χ0v) is 28.1. The van der Waals surface area contributed by atoms with Crippen molar-refractivity contribution in [2.45, 2.75) is 111 Å². The lowest BCUT2D eigenvalue weighted by Crippen LogP contribution is -2.53. The predicted octanol–water partition coefficient (Wildman–Crippen LogP) is 7.50. The van der Waals surface area contributed by atoms with Crippen molar-refractivity contribution in [2.75, 3.05) is 18.6 Å². The van der Waals surface area contributed by atoms with E-state index in [2.05, 4.69) is 17.6 Å². The smallest absolute Gasteiger partial charge is 0.408 e. The van der Waals surface area contributed by atoms with E-state index in [-0.39, 0.29) is 11.8 Å². The van der Waals surface area contributed by atoms with Crippen LogP contribution in [0.4, 0.5) is 4.79 Å². The lowest BCUT2D eigenvalue weighted by molar-refractivity contribution is -0.142. The molecule has 0 saturated carbocycles. The lowest BCUT2D eigenvalue weighted by Gasteiger charge is -2.35. The number of thioether (sulfide) groups is 1. The largest absolute Gasteiger partial charge is 0.444 e. The Labute approximate surface area is 263 Å². The number of carbonyl (C=O) groups is 3. The number of ether oxygens (including phenoxy) is 1.